The van der Waals surface area contributed by atoms with Crippen LogP contribution < -0.4 is 16.4 Å². The lowest BCUT2D eigenvalue weighted by Crippen LogP contribution is -2.40. The Morgan fingerprint density at radius 3 is 2.52 bits per heavy atom. The van der Waals surface area contributed by atoms with Crippen molar-refractivity contribution in [2.45, 2.75) is 44.6 Å². The fourth-order valence-electron chi connectivity index (χ4n) is 3.85. The quantitative estimate of drug-likeness (QED) is 0.670. The van der Waals surface area contributed by atoms with Crippen LogP contribution in [0.25, 0.3) is 10.8 Å². The Balaban J connectivity index is 1.48. The molecule has 2 aromatic rings. The summed E-state index contributed by atoms with van der Waals surface area (Å²) < 4.78 is 0. The first-order valence-electron chi connectivity index (χ1n) is 9.90. The number of carbonyl (C=O) groups is 2. The molecule has 0 bridgehead atoms. The van der Waals surface area contributed by atoms with Crippen molar-refractivity contribution in [2.75, 3.05) is 13.1 Å². The smallest absolute Gasteiger partial charge is 0.239 e. The molecule has 0 heterocycles. The largest absolute Gasteiger partial charge is 0.347 e. The van der Waals surface area contributed by atoms with E-state index in [2.05, 4.69) is 16.7 Å². The monoisotopic (exact) mass is 367 g/mol. The van der Waals surface area contributed by atoms with Crippen LogP contribution >= 0.6 is 0 Å². The zero-order chi connectivity index (χ0) is 19.1. The van der Waals surface area contributed by atoms with E-state index in [4.69, 9.17) is 5.73 Å². The zero-order valence-corrected chi connectivity index (χ0v) is 15.7. The molecule has 0 radical (unpaired) electrons. The topological polar surface area (TPSA) is 84.2 Å². The maximum atomic E-state index is 12.2. The third-order valence-corrected chi connectivity index (χ3v) is 5.45. The van der Waals surface area contributed by atoms with Gasteiger partial charge in [-0.3, -0.25) is 9.59 Å². The maximum absolute atomic E-state index is 12.2. The van der Waals surface area contributed by atoms with Crippen molar-refractivity contribution in [1.82, 2.24) is 10.6 Å². The summed E-state index contributed by atoms with van der Waals surface area (Å²) in [6, 6.07) is 13.9. The van der Waals surface area contributed by atoms with Gasteiger partial charge in [0.05, 0.1) is 12.6 Å². The highest BCUT2D eigenvalue weighted by molar-refractivity contribution is 5.85. The van der Waals surface area contributed by atoms with Gasteiger partial charge in [-0.2, -0.15) is 0 Å². The van der Waals surface area contributed by atoms with E-state index in [0.717, 1.165) is 22.8 Å². The van der Waals surface area contributed by atoms with Gasteiger partial charge in [0.2, 0.25) is 11.8 Å². The molecule has 2 aromatic carbocycles. The van der Waals surface area contributed by atoms with Gasteiger partial charge in [0.25, 0.3) is 0 Å². The van der Waals surface area contributed by atoms with Crippen molar-refractivity contribution >= 4 is 22.6 Å². The first-order chi connectivity index (χ1) is 13.2. The van der Waals surface area contributed by atoms with Crippen molar-refractivity contribution in [3.8, 4) is 0 Å². The van der Waals surface area contributed by atoms with Crippen LogP contribution in [0.5, 0.6) is 0 Å². The lowest BCUT2D eigenvalue weighted by molar-refractivity contribution is -0.126. The van der Waals surface area contributed by atoms with Crippen molar-refractivity contribution < 1.29 is 9.59 Å². The van der Waals surface area contributed by atoms with Crippen molar-refractivity contribution in [1.29, 1.82) is 0 Å². The number of hydrogen-bond donors (Lipinski definition) is 3. The van der Waals surface area contributed by atoms with Gasteiger partial charge in [-0.15, -0.1) is 0 Å². The summed E-state index contributed by atoms with van der Waals surface area (Å²) in [5.74, 6) is 0.416. The first kappa shape index (κ1) is 19.4. The number of fused-ring (bicyclic) bond motifs is 1. The standard InChI is InChI=1S/C22H29N3O2/c23-14-20(19-11-10-17-7-3-4-8-18(17)13-19)25-22(27)15-24-21(26)12-9-16-5-1-2-6-16/h3-4,7-8,10-11,13,16,20H,1-2,5-6,9,12,14-15,23H2,(H,24,26)(H,25,27). The summed E-state index contributed by atoms with van der Waals surface area (Å²) in [4.78, 5) is 24.2. The maximum Gasteiger partial charge on any atom is 0.239 e. The van der Waals surface area contributed by atoms with Gasteiger partial charge in [-0.05, 0) is 34.7 Å². The van der Waals surface area contributed by atoms with Crippen molar-refractivity contribution in [3.05, 3.63) is 48.0 Å². The minimum absolute atomic E-state index is 0.00637. The third-order valence-electron chi connectivity index (χ3n) is 5.45. The number of hydrogen-bond acceptors (Lipinski definition) is 3. The fourth-order valence-corrected chi connectivity index (χ4v) is 3.85. The van der Waals surface area contributed by atoms with Crippen LogP contribution in [0.2, 0.25) is 0 Å². The van der Waals surface area contributed by atoms with Crippen LogP contribution in [0.1, 0.15) is 50.1 Å². The normalized spacial score (nSPS) is 15.6. The van der Waals surface area contributed by atoms with Gasteiger partial charge in [-0.25, -0.2) is 0 Å². The predicted octanol–water partition coefficient (Wildman–Crippen LogP) is 3.04. The zero-order valence-electron chi connectivity index (χ0n) is 15.7. The third kappa shape index (κ3) is 5.54. The number of amides is 2. The molecule has 1 fully saturated rings. The molecule has 1 unspecified atom stereocenters. The van der Waals surface area contributed by atoms with E-state index in [-0.39, 0.29) is 24.4 Å². The van der Waals surface area contributed by atoms with Gasteiger partial charge in [0.1, 0.15) is 0 Å². The lowest BCUT2D eigenvalue weighted by atomic mass is 10.0. The van der Waals surface area contributed by atoms with Crippen LogP contribution in [0.15, 0.2) is 42.5 Å². The van der Waals surface area contributed by atoms with E-state index >= 15 is 0 Å². The van der Waals surface area contributed by atoms with Crippen molar-refractivity contribution in [3.63, 3.8) is 0 Å². The Labute approximate surface area is 160 Å². The molecule has 4 N–H and O–H groups in total. The first-order valence-corrected chi connectivity index (χ1v) is 9.90. The predicted molar refractivity (Wildman–Crippen MR) is 108 cm³/mol. The molecule has 144 valence electrons. The fraction of sp³-hybridized carbons (Fsp3) is 0.455. The molecular formula is C22H29N3O2. The molecule has 1 saturated carbocycles. The van der Waals surface area contributed by atoms with Gasteiger partial charge < -0.3 is 16.4 Å². The van der Waals surface area contributed by atoms with Gasteiger partial charge in [-0.1, -0.05) is 62.1 Å². The van der Waals surface area contributed by atoms with Gasteiger partial charge in [0.15, 0.2) is 0 Å². The molecule has 0 saturated heterocycles. The van der Waals surface area contributed by atoms with E-state index in [1.165, 1.54) is 25.7 Å². The highest BCUT2D eigenvalue weighted by Crippen LogP contribution is 2.28. The summed E-state index contributed by atoms with van der Waals surface area (Å²) in [7, 11) is 0. The highest BCUT2D eigenvalue weighted by atomic mass is 16.2. The molecule has 0 aliphatic heterocycles. The molecule has 1 aliphatic carbocycles. The molecule has 0 aromatic heterocycles. The molecular weight excluding hydrogens is 338 g/mol. The molecule has 5 nitrogen and oxygen atoms in total. The van der Waals surface area contributed by atoms with E-state index in [1.807, 2.05) is 36.4 Å². The second-order valence-corrected chi connectivity index (χ2v) is 7.43. The van der Waals surface area contributed by atoms with E-state index in [0.29, 0.717) is 18.9 Å². The second-order valence-electron chi connectivity index (χ2n) is 7.43. The van der Waals surface area contributed by atoms with Crippen LogP contribution in [0.4, 0.5) is 0 Å². The van der Waals surface area contributed by atoms with E-state index < -0.39 is 0 Å². The van der Waals surface area contributed by atoms with E-state index in [9.17, 15) is 9.59 Å². The summed E-state index contributed by atoms with van der Waals surface area (Å²) in [5.41, 5.74) is 6.84. The van der Waals surface area contributed by atoms with Crippen LogP contribution in [-0.2, 0) is 9.59 Å². The molecule has 2 amide bonds. The van der Waals surface area contributed by atoms with Gasteiger partial charge in [0, 0.05) is 13.0 Å². The summed E-state index contributed by atoms with van der Waals surface area (Å²) >= 11 is 0. The number of nitrogens with one attached hydrogen (secondary N) is 2. The molecule has 0 spiro atoms. The minimum Gasteiger partial charge on any atom is -0.347 e. The summed E-state index contributed by atoms with van der Waals surface area (Å²) in [6.07, 6.45) is 6.46. The Morgan fingerprint density at radius 2 is 1.78 bits per heavy atom. The summed E-state index contributed by atoms with van der Waals surface area (Å²) in [5, 5.41) is 7.91. The Morgan fingerprint density at radius 1 is 1.04 bits per heavy atom. The average molecular weight is 367 g/mol. The van der Waals surface area contributed by atoms with Crippen LogP contribution in [-0.4, -0.2) is 24.9 Å². The number of benzene rings is 2. The Hall–Kier alpha value is -2.40. The number of nitrogens with two attached hydrogens (primary N) is 1. The molecule has 1 atom stereocenters. The highest BCUT2D eigenvalue weighted by Gasteiger charge is 2.17. The molecule has 27 heavy (non-hydrogen) atoms. The van der Waals surface area contributed by atoms with Crippen LogP contribution in [0, 0.1) is 5.92 Å². The van der Waals surface area contributed by atoms with E-state index in [1.54, 1.807) is 0 Å². The lowest BCUT2D eigenvalue weighted by Gasteiger charge is -2.18. The second kappa shape index (κ2) is 9.51. The van der Waals surface area contributed by atoms with Crippen LogP contribution in [0.3, 0.4) is 0 Å². The number of carbonyl (C=O) groups excluding carboxylic acids is 2. The Kier molecular flexibility index (Phi) is 6.82. The SMILES string of the molecule is NCC(NC(=O)CNC(=O)CCC1CCCC1)c1ccc2ccccc2c1. The molecule has 1 aliphatic rings. The molecule has 5 heteroatoms. The molecule has 3 rings (SSSR count). The van der Waals surface area contributed by atoms with Crippen molar-refractivity contribution in [2.24, 2.45) is 11.7 Å². The number of rotatable bonds is 8. The minimum atomic E-state index is -0.266. The van der Waals surface area contributed by atoms with Gasteiger partial charge >= 0.3 is 0 Å². The Bertz CT molecular complexity index is 784. The summed E-state index contributed by atoms with van der Waals surface area (Å²) in [6.45, 7) is 0.299. The average Bonchev–Trinajstić information content (AvgIpc) is 3.22.